The number of carbonyl (C=O) groups excluding carboxylic acids is 3. The normalized spacial score (nSPS) is 18.5. The quantitative estimate of drug-likeness (QED) is 0.619. The van der Waals surface area contributed by atoms with Crippen LogP contribution in [0.4, 0.5) is 11.4 Å². The lowest BCUT2D eigenvalue weighted by Gasteiger charge is -2.16. The Morgan fingerprint density at radius 1 is 1.16 bits per heavy atom. The fourth-order valence-corrected chi connectivity index (χ4v) is 4.00. The third kappa shape index (κ3) is 4.50. The molecule has 2 heterocycles. The Bertz CT molecular complexity index is 1130. The molecule has 4 rings (SSSR count). The summed E-state index contributed by atoms with van der Waals surface area (Å²) in [7, 11) is 0. The largest absolute Gasteiger partial charge is 0.376 e. The van der Waals surface area contributed by atoms with Crippen LogP contribution < -0.4 is 15.5 Å². The van der Waals surface area contributed by atoms with Gasteiger partial charge in [0.25, 0.3) is 17.7 Å². The van der Waals surface area contributed by atoms with Crippen LogP contribution in [0.1, 0.15) is 28.8 Å². The fourth-order valence-electron chi connectivity index (χ4n) is 3.61. The van der Waals surface area contributed by atoms with Crippen LogP contribution in [0, 0.1) is 6.92 Å². The highest BCUT2D eigenvalue weighted by atomic mass is 35.5. The molecule has 1 atom stereocenters. The van der Waals surface area contributed by atoms with E-state index in [1.807, 2.05) is 6.92 Å². The number of nitrogens with zero attached hydrogens (tertiary/aromatic N) is 1. The number of ether oxygens (including phenoxy) is 1. The van der Waals surface area contributed by atoms with E-state index in [0.29, 0.717) is 35.1 Å². The molecule has 0 aromatic heterocycles. The summed E-state index contributed by atoms with van der Waals surface area (Å²) in [6.45, 7) is 2.98. The molecular weight excluding hydrogens is 453 g/mol. The van der Waals surface area contributed by atoms with Crippen LogP contribution in [-0.4, -0.2) is 37.0 Å². The average molecular weight is 474 g/mol. The van der Waals surface area contributed by atoms with Crippen molar-refractivity contribution in [1.82, 2.24) is 5.32 Å². The Labute approximate surface area is 195 Å². The molecule has 1 fully saturated rings. The molecule has 2 aliphatic heterocycles. The zero-order valence-corrected chi connectivity index (χ0v) is 18.8. The van der Waals surface area contributed by atoms with Gasteiger partial charge in [-0.2, -0.15) is 0 Å². The molecule has 1 unspecified atom stereocenters. The maximum atomic E-state index is 13.0. The molecule has 7 nitrogen and oxygen atoms in total. The van der Waals surface area contributed by atoms with Crippen LogP contribution >= 0.6 is 23.2 Å². The van der Waals surface area contributed by atoms with Crippen molar-refractivity contribution in [2.24, 2.45) is 0 Å². The summed E-state index contributed by atoms with van der Waals surface area (Å²) in [5, 5.41) is 5.97. The van der Waals surface area contributed by atoms with Crippen molar-refractivity contribution in [3.8, 4) is 0 Å². The van der Waals surface area contributed by atoms with Crippen LogP contribution in [0.3, 0.4) is 0 Å². The molecule has 32 heavy (non-hydrogen) atoms. The van der Waals surface area contributed by atoms with Crippen LogP contribution in [-0.2, 0) is 14.3 Å². The predicted molar refractivity (Wildman–Crippen MR) is 123 cm³/mol. The second-order valence-corrected chi connectivity index (χ2v) is 8.43. The summed E-state index contributed by atoms with van der Waals surface area (Å²) < 4.78 is 5.53. The predicted octanol–water partition coefficient (Wildman–Crippen LogP) is 3.99. The number of benzene rings is 2. The number of nitrogens with one attached hydrogen (secondary N) is 2. The van der Waals surface area contributed by atoms with Gasteiger partial charge in [-0.15, -0.1) is 0 Å². The molecule has 2 aromatic carbocycles. The Morgan fingerprint density at radius 3 is 2.69 bits per heavy atom. The number of amides is 3. The number of rotatable bonds is 6. The lowest BCUT2D eigenvalue weighted by atomic mass is 10.1. The van der Waals surface area contributed by atoms with Crippen LogP contribution in [0.25, 0.3) is 0 Å². The zero-order chi connectivity index (χ0) is 22.8. The molecule has 0 bridgehead atoms. The molecular formula is C23H21Cl2N3O4. The van der Waals surface area contributed by atoms with Gasteiger partial charge in [0.15, 0.2) is 0 Å². The van der Waals surface area contributed by atoms with Crippen molar-refractivity contribution < 1.29 is 19.1 Å². The first-order valence-corrected chi connectivity index (χ1v) is 10.9. The van der Waals surface area contributed by atoms with Crippen LogP contribution in [0.15, 0.2) is 53.2 Å². The van der Waals surface area contributed by atoms with Gasteiger partial charge >= 0.3 is 0 Å². The van der Waals surface area contributed by atoms with Gasteiger partial charge in [-0.1, -0.05) is 35.3 Å². The van der Waals surface area contributed by atoms with Gasteiger partial charge in [0, 0.05) is 29.4 Å². The molecule has 1 saturated heterocycles. The van der Waals surface area contributed by atoms with Gasteiger partial charge in [0.2, 0.25) is 0 Å². The van der Waals surface area contributed by atoms with E-state index in [1.165, 1.54) is 6.07 Å². The molecule has 2 aromatic rings. The van der Waals surface area contributed by atoms with Gasteiger partial charge in [0.05, 0.1) is 11.8 Å². The van der Waals surface area contributed by atoms with Crippen molar-refractivity contribution in [2.45, 2.75) is 25.9 Å². The molecule has 0 saturated carbocycles. The number of carbonyl (C=O) groups is 3. The van der Waals surface area contributed by atoms with Crippen LogP contribution in [0.2, 0.25) is 5.02 Å². The number of aryl methyl sites for hydroxylation is 1. The first-order valence-electron chi connectivity index (χ1n) is 10.2. The van der Waals surface area contributed by atoms with Crippen molar-refractivity contribution >= 4 is 52.3 Å². The number of halogens is 2. The summed E-state index contributed by atoms with van der Waals surface area (Å²) in [6, 6.07) is 11.5. The highest BCUT2D eigenvalue weighted by Gasteiger charge is 2.39. The summed E-state index contributed by atoms with van der Waals surface area (Å²) in [5.41, 5.74) is 1.95. The van der Waals surface area contributed by atoms with E-state index in [2.05, 4.69) is 10.6 Å². The Kier molecular flexibility index (Phi) is 6.50. The minimum Gasteiger partial charge on any atom is -0.376 e. The van der Waals surface area contributed by atoms with Crippen molar-refractivity contribution in [1.29, 1.82) is 0 Å². The molecule has 9 heteroatoms. The van der Waals surface area contributed by atoms with E-state index in [0.717, 1.165) is 23.3 Å². The van der Waals surface area contributed by atoms with E-state index >= 15 is 0 Å². The van der Waals surface area contributed by atoms with E-state index in [-0.39, 0.29) is 22.7 Å². The van der Waals surface area contributed by atoms with Gasteiger partial charge < -0.3 is 15.4 Å². The lowest BCUT2D eigenvalue weighted by molar-refractivity contribution is -0.120. The van der Waals surface area contributed by atoms with E-state index in [9.17, 15) is 14.4 Å². The van der Waals surface area contributed by atoms with Gasteiger partial charge in [-0.25, -0.2) is 4.90 Å². The maximum absolute atomic E-state index is 13.0. The first kappa shape index (κ1) is 22.3. The van der Waals surface area contributed by atoms with Crippen LogP contribution in [0.5, 0.6) is 0 Å². The molecule has 166 valence electrons. The summed E-state index contributed by atoms with van der Waals surface area (Å²) in [5.74, 6) is -1.50. The van der Waals surface area contributed by atoms with E-state index in [1.54, 1.807) is 36.4 Å². The minimum absolute atomic E-state index is 0.0329. The Balaban J connectivity index is 1.52. The number of hydrogen-bond acceptors (Lipinski definition) is 5. The third-order valence-corrected chi connectivity index (χ3v) is 5.95. The van der Waals surface area contributed by atoms with Gasteiger partial charge in [-0.3, -0.25) is 14.4 Å². The van der Waals surface area contributed by atoms with Crippen molar-refractivity contribution in [3.05, 3.63) is 69.3 Å². The zero-order valence-electron chi connectivity index (χ0n) is 17.3. The average Bonchev–Trinajstić information content (AvgIpc) is 3.36. The molecule has 2 N–H and O–H groups in total. The number of anilines is 2. The molecule has 3 amide bonds. The Morgan fingerprint density at radius 2 is 1.97 bits per heavy atom. The third-order valence-electron chi connectivity index (χ3n) is 5.37. The molecule has 0 spiro atoms. The molecule has 0 aliphatic carbocycles. The SMILES string of the molecule is Cc1ccc(C(=O)NCC2CCCO2)cc1NC1=C(Cl)C(=O)N(c2cccc(Cl)c2)C1=O. The summed E-state index contributed by atoms with van der Waals surface area (Å²) in [6.07, 6.45) is 1.95. The molecule has 0 radical (unpaired) electrons. The maximum Gasteiger partial charge on any atom is 0.283 e. The first-order chi connectivity index (χ1) is 15.3. The second-order valence-electron chi connectivity index (χ2n) is 7.61. The lowest BCUT2D eigenvalue weighted by Crippen LogP contribution is -2.32. The number of hydrogen-bond donors (Lipinski definition) is 2. The van der Waals surface area contributed by atoms with Crippen molar-refractivity contribution in [3.63, 3.8) is 0 Å². The smallest absolute Gasteiger partial charge is 0.283 e. The summed E-state index contributed by atoms with van der Waals surface area (Å²) in [4.78, 5) is 39.2. The molecule has 2 aliphatic rings. The highest BCUT2D eigenvalue weighted by molar-refractivity contribution is 6.53. The van der Waals surface area contributed by atoms with Crippen molar-refractivity contribution in [2.75, 3.05) is 23.4 Å². The topological polar surface area (TPSA) is 87.7 Å². The van der Waals surface area contributed by atoms with E-state index in [4.69, 9.17) is 27.9 Å². The second kappa shape index (κ2) is 9.32. The fraction of sp³-hybridized carbons (Fsp3) is 0.261. The van der Waals surface area contributed by atoms with Gasteiger partial charge in [-0.05, 0) is 55.7 Å². The number of imide groups is 1. The van der Waals surface area contributed by atoms with Gasteiger partial charge in [0.1, 0.15) is 10.7 Å². The monoisotopic (exact) mass is 473 g/mol. The van der Waals surface area contributed by atoms with E-state index < -0.39 is 11.8 Å². The minimum atomic E-state index is -0.649. The highest BCUT2D eigenvalue weighted by Crippen LogP contribution is 2.32. The Hall–Kier alpha value is -2.87. The standard InChI is InChI=1S/C23H21Cl2N3O4/c1-13-7-8-14(21(29)26-12-17-6-3-9-32-17)10-18(13)27-20-19(25)22(30)28(23(20)31)16-5-2-4-15(24)11-16/h2,4-5,7-8,10-11,17,27H,3,6,9,12H2,1H3,(H,26,29). The summed E-state index contributed by atoms with van der Waals surface area (Å²) >= 11 is 12.2.